The number of hydrogen-bond acceptors (Lipinski definition) is 4. The van der Waals surface area contributed by atoms with Crippen molar-refractivity contribution in [2.75, 3.05) is 18.5 Å². The Labute approximate surface area is 125 Å². The topological polar surface area (TPSA) is 46.3 Å². The van der Waals surface area contributed by atoms with Gasteiger partial charge in [0.15, 0.2) is 0 Å². The molecule has 1 aromatic carbocycles. The van der Waals surface area contributed by atoms with Crippen molar-refractivity contribution < 1.29 is 9.18 Å². The van der Waals surface area contributed by atoms with Crippen LogP contribution in [0.5, 0.6) is 0 Å². The predicted molar refractivity (Wildman–Crippen MR) is 82.3 cm³/mol. The number of hydrogen-bond donors (Lipinski definition) is 1. The van der Waals surface area contributed by atoms with Gasteiger partial charge < -0.3 is 10.6 Å². The molecule has 0 saturated carbocycles. The molecule has 1 heterocycles. The van der Waals surface area contributed by atoms with Crippen molar-refractivity contribution in [1.29, 1.82) is 0 Å². The van der Waals surface area contributed by atoms with Crippen LogP contribution in [0.15, 0.2) is 39.9 Å². The van der Waals surface area contributed by atoms with E-state index in [0.29, 0.717) is 17.1 Å². The summed E-state index contributed by atoms with van der Waals surface area (Å²) in [5, 5.41) is 4.00. The lowest BCUT2D eigenvalue weighted by Gasteiger charge is -2.16. The van der Waals surface area contributed by atoms with Crippen molar-refractivity contribution in [3.8, 4) is 0 Å². The average molecular weight is 310 g/mol. The van der Waals surface area contributed by atoms with Crippen LogP contribution in [0.1, 0.15) is 5.56 Å². The summed E-state index contributed by atoms with van der Waals surface area (Å²) in [7, 11) is 1.76. The van der Waals surface area contributed by atoms with Crippen LogP contribution in [0.25, 0.3) is 0 Å². The molecule has 0 aliphatic carbocycles. The summed E-state index contributed by atoms with van der Waals surface area (Å²) in [6, 6.07) is 6.30. The first-order valence-electron chi connectivity index (χ1n) is 5.98. The lowest BCUT2D eigenvalue weighted by Crippen LogP contribution is -2.27. The largest absolute Gasteiger partial charge is 0.399 e. The fourth-order valence-electron chi connectivity index (χ4n) is 1.67. The van der Waals surface area contributed by atoms with Crippen LogP contribution >= 0.6 is 23.1 Å². The maximum Gasteiger partial charge on any atom is 0.232 e. The van der Waals surface area contributed by atoms with Gasteiger partial charge in [0, 0.05) is 24.2 Å². The third kappa shape index (κ3) is 4.25. The quantitative estimate of drug-likeness (QED) is 0.681. The molecule has 0 aliphatic rings. The number of thioether (sulfide) groups is 1. The molecule has 1 amide bonds. The third-order valence-electron chi connectivity index (χ3n) is 2.68. The summed E-state index contributed by atoms with van der Waals surface area (Å²) in [6.07, 6.45) is 0. The maximum atomic E-state index is 13.2. The number of thiophene rings is 1. The summed E-state index contributed by atoms with van der Waals surface area (Å²) in [5.74, 6) is -0.112. The van der Waals surface area contributed by atoms with E-state index in [-0.39, 0.29) is 17.5 Å². The molecule has 3 nitrogen and oxygen atoms in total. The molecule has 2 aromatic rings. The molecule has 0 bridgehead atoms. The van der Waals surface area contributed by atoms with Gasteiger partial charge in [0.05, 0.1) is 5.75 Å². The van der Waals surface area contributed by atoms with Crippen molar-refractivity contribution in [2.24, 2.45) is 0 Å². The third-order valence-corrected chi connectivity index (χ3v) is 4.37. The number of nitrogen functional groups attached to an aromatic ring is 1. The number of benzene rings is 1. The molecule has 0 aliphatic heterocycles. The lowest BCUT2D eigenvalue weighted by atomic mass is 10.3. The van der Waals surface area contributed by atoms with Crippen molar-refractivity contribution in [3.05, 3.63) is 46.4 Å². The molecular formula is C14H15FN2OS2. The van der Waals surface area contributed by atoms with E-state index in [9.17, 15) is 9.18 Å². The standard InChI is InChI=1S/C14H15FN2OS2/c1-17(7-10-2-3-19-8-10)14(18)9-20-13-5-11(15)4-12(16)6-13/h2-6,8H,7,9,16H2,1H3. The number of anilines is 1. The second-order valence-electron chi connectivity index (χ2n) is 4.39. The van der Waals surface area contributed by atoms with Crippen LogP contribution in [0.2, 0.25) is 0 Å². The zero-order valence-electron chi connectivity index (χ0n) is 11.0. The first-order valence-corrected chi connectivity index (χ1v) is 7.91. The second-order valence-corrected chi connectivity index (χ2v) is 6.22. The molecule has 20 heavy (non-hydrogen) atoms. The molecule has 0 fully saturated rings. The first kappa shape index (κ1) is 14.9. The number of nitrogens with zero attached hydrogens (tertiary/aromatic N) is 1. The van der Waals surface area contributed by atoms with Gasteiger partial charge in [-0.05, 0) is 40.6 Å². The van der Waals surface area contributed by atoms with Crippen molar-refractivity contribution in [2.45, 2.75) is 11.4 Å². The summed E-state index contributed by atoms with van der Waals surface area (Å²) >= 11 is 2.90. The maximum absolute atomic E-state index is 13.2. The molecule has 0 unspecified atom stereocenters. The summed E-state index contributed by atoms with van der Waals surface area (Å²) in [6.45, 7) is 0.591. The summed E-state index contributed by atoms with van der Waals surface area (Å²) < 4.78 is 13.2. The van der Waals surface area contributed by atoms with Crippen LogP contribution < -0.4 is 5.73 Å². The zero-order chi connectivity index (χ0) is 14.5. The van der Waals surface area contributed by atoms with Gasteiger partial charge in [0.2, 0.25) is 5.91 Å². The Morgan fingerprint density at radius 1 is 1.45 bits per heavy atom. The van der Waals surface area contributed by atoms with E-state index in [1.54, 1.807) is 29.4 Å². The molecular weight excluding hydrogens is 295 g/mol. The van der Waals surface area contributed by atoms with Crippen molar-refractivity contribution >= 4 is 34.7 Å². The fourth-order valence-corrected chi connectivity index (χ4v) is 3.25. The first-order chi connectivity index (χ1) is 9.54. The highest BCUT2D eigenvalue weighted by Gasteiger charge is 2.10. The van der Waals surface area contributed by atoms with Crippen molar-refractivity contribution in [3.63, 3.8) is 0 Å². The highest BCUT2D eigenvalue weighted by Crippen LogP contribution is 2.22. The van der Waals surface area contributed by atoms with E-state index in [1.165, 1.54) is 23.9 Å². The molecule has 1 aromatic heterocycles. The lowest BCUT2D eigenvalue weighted by molar-refractivity contribution is -0.127. The van der Waals surface area contributed by atoms with E-state index >= 15 is 0 Å². The minimum absolute atomic E-state index is 0.00373. The Morgan fingerprint density at radius 2 is 2.25 bits per heavy atom. The van der Waals surface area contributed by atoms with Crippen LogP contribution in [-0.4, -0.2) is 23.6 Å². The number of rotatable bonds is 5. The molecule has 0 saturated heterocycles. The van der Waals surface area contributed by atoms with E-state index in [4.69, 9.17) is 5.73 Å². The van der Waals surface area contributed by atoms with Crippen LogP contribution in [0, 0.1) is 5.82 Å². The van der Waals surface area contributed by atoms with Crippen LogP contribution in [0.4, 0.5) is 10.1 Å². The molecule has 2 N–H and O–H groups in total. The number of carbonyl (C=O) groups excluding carboxylic acids is 1. The van der Waals surface area contributed by atoms with Gasteiger partial charge in [-0.25, -0.2) is 4.39 Å². The van der Waals surface area contributed by atoms with Gasteiger partial charge in [0.1, 0.15) is 5.82 Å². The number of nitrogens with two attached hydrogens (primary N) is 1. The smallest absolute Gasteiger partial charge is 0.232 e. The molecule has 0 atom stereocenters. The van der Waals surface area contributed by atoms with E-state index in [2.05, 4.69) is 0 Å². The average Bonchev–Trinajstić information content (AvgIpc) is 2.87. The molecule has 6 heteroatoms. The monoisotopic (exact) mass is 310 g/mol. The Kier molecular flexibility index (Phi) is 5.03. The summed E-state index contributed by atoms with van der Waals surface area (Å²) in [5.41, 5.74) is 7.05. The van der Waals surface area contributed by atoms with E-state index in [0.717, 1.165) is 5.56 Å². The van der Waals surface area contributed by atoms with Crippen LogP contribution in [-0.2, 0) is 11.3 Å². The highest BCUT2D eigenvalue weighted by atomic mass is 32.2. The Balaban J connectivity index is 1.88. The Bertz CT molecular complexity index is 567. The highest BCUT2D eigenvalue weighted by molar-refractivity contribution is 8.00. The molecule has 106 valence electrons. The normalized spacial score (nSPS) is 10.5. The Morgan fingerprint density at radius 3 is 2.90 bits per heavy atom. The summed E-state index contributed by atoms with van der Waals surface area (Å²) in [4.78, 5) is 14.3. The zero-order valence-corrected chi connectivity index (χ0v) is 12.6. The van der Waals surface area contributed by atoms with Gasteiger partial charge in [0.25, 0.3) is 0 Å². The minimum atomic E-state index is -0.383. The molecule has 0 spiro atoms. The molecule has 2 rings (SSSR count). The van der Waals surface area contributed by atoms with E-state index < -0.39 is 0 Å². The number of carbonyl (C=O) groups is 1. The second kappa shape index (κ2) is 6.76. The van der Waals surface area contributed by atoms with Crippen LogP contribution in [0.3, 0.4) is 0 Å². The number of amides is 1. The fraction of sp³-hybridized carbons (Fsp3) is 0.214. The van der Waals surface area contributed by atoms with Gasteiger partial charge >= 0.3 is 0 Å². The van der Waals surface area contributed by atoms with Gasteiger partial charge in [-0.2, -0.15) is 11.3 Å². The Hall–Kier alpha value is -1.53. The van der Waals surface area contributed by atoms with Gasteiger partial charge in [-0.15, -0.1) is 11.8 Å². The number of halogens is 1. The minimum Gasteiger partial charge on any atom is -0.399 e. The SMILES string of the molecule is CN(Cc1ccsc1)C(=O)CSc1cc(N)cc(F)c1. The predicted octanol–water partition coefficient (Wildman–Crippen LogP) is 3.22. The van der Waals surface area contributed by atoms with Gasteiger partial charge in [-0.1, -0.05) is 0 Å². The molecule has 0 radical (unpaired) electrons. The van der Waals surface area contributed by atoms with Gasteiger partial charge in [-0.3, -0.25) is 4.79 Å². The van der Waals surface area contributed by atoms with E-state index in [1.807, 2.05) is 16.8 Å². The van der Waals surface area contributed by atoms with Crippen molar-refractivity contribution in [1.82, 2.24) is 4.90 Å².